The molecule has 3 aromatic carbocycles. The van der Waals surface area contributed by atoms with E-state index in [1.165, 1.54) is 0 Å². The minimum absolute atomic E-state index is 0.155. The normalized spacial score (nSPS) is 17.9. The number of nitrogens with one attached hydrogen (secondary N) is 4. The summed E-state index contributed by atoms with van der Waals surface area (Å²) in [6.07, 6.45) is 5.45. The maximum absolute atomic E-state index is 14.6. The van der Waals surface area contributed by atoms with Crippen LogP contribution in [0.5, 0.6) is 5.75 Å². The van der Waals surface area contributed by atoms with Crippen LogP contribution in [0.1, 0.15) is 61.9 Å². The SMILES string of the molecule is CCC(C)[C@@]1(NC(=O)CCc2cnc[nH]2)CCN([C@@H](CCc2ccccc2)C(=O)N[C@@H](Cc2ccccc2)[C@@H](O)CNCc2cccc(OC)c2)C1=O. The summed E-state index contributed by atoms with van der Waals surface area (Å²) >= 11 is 0. The van der Waals surface area contributed by atoms with Gasteiger partial charge in [-0.1, -0.05) is 93.1 Å². The zero-order valence-electron chi connectivity index (χ0n) is 31.1. The molecule has 53 heavy (non-hydrogen) atoms. The number of carbonyl (C=O) groups excluding carboxylic acids is 3. The molecule has 1 aliphatic heterocycles. The Morgan fingerprint density at radius 1 is 1.00 bits per heavy atom. The lowest BCUT2D eigenvalue weighted by Crippen LogP contribution is -2.61. The molecule has 5 N–H and O–H groups in total. The maximum atomic E-state index is 14.6. The predicted molar refractivity (Wildman–Crippen MR) is 205 cm³/mol. The molecule has 11 nitrogen and oxygen atoms in total. The molecule has 5 atom stereocenters. The second kappa shape index (κ2) is 19.2. The number of aliphatic hydroxyl groups excluding tert-OH is 1. The fourth-order valence-electron chi connectivity index (χ4n) is 7.18. The van der Waals surface area contributed by atoms with Crippen LogP contribution in [0.15, 0.2) is 97.5 Å². The van der Waals surface area contributed by atoms with Gasteiger partial charge in [0.25, 0.3) is 0 Å². The molecule has 3 amide bonds. The fourth-order valence-corrected chi connectivity index (χ4v) is 7.18. The van der Waals surface area contributed by atoms with Gasteiger partial charge in [-0.05, 0) is 66.8 Å². The molecular weight excluding hydrogens is 668 g/mol. The molecule has 0 radical (unpaired) electrons. The number of benzene rings is 3. The quantitative estimate of drug-likeness (QED) is 0.0911. The molecule has 5 rings (SSSR count). The van der Waals surface area contributed by atoms with Gasteiger partial charge < -0.3 is 35.7 Å². The summed E-state index contributed by atoms with van der Waals surface area (Å²) in [7, 11) is 1.63. The molecule has 1 aromatic heterocycles. The first-order valence-corrected chi connectivity index (χ1v) is 18.7. The van der Waals surface area contributed by atoms with Gasteiger partial charge in [-0.2, -0.15) is 0 Å². The van der Waals surface area contributed by atoms with Crippen molar-refractivity contribution in [1.29, 1.82) is 0 Å². The Balaban J connectivity index is 1.35. The highest BCUT2D eigenvalue weighted by atomic mass is 16.5. The molecule has 0 spiro atoms. The number of likely N-dealkylation sites (tertiary alicyclic amines) is 1. The molecule has 0 saturated carbocycles. The van der Waals surface area contributed by atoms with E-state index in [4.69, 9.17) is 4.74 Å². The van der Waals surface area contributed by atoms with Crippen LogP contribution >= 0.6 is 0 Å². The highest BCUT2D eigenvalue weighted by Crippen LogP contribution is 2.35. The largest absolute Gasteiger partial charge is 0.497 e. The van der Waals surface area contributed by atoms with Crippen molar-refractivity contribution >= 4 is 17.7 Å². The highest BCUT2D eigenvalue weighted by Gasteiger charge is 2.53. The number of aryl methyl sites for hydroxylation is 2. The van der Waals surface area contributed by atoms with E-state index in [9.17, 15) is 19.5 Å². The Bertz CT molecular complexity index is 1740. The maximum Gasteiger partial charge on any atom is 0.249 e. The Labute approximate surface area is 312 Å². The van der Waals surface area contributed by atoms with E-state index in [1.807, 2.05) is 98.8 Å². The van der Waals surface area contributed by atoms with Gasteiger partial charge in [0.2, 0.25) is 17.7 Å². The zero-order valence-corrected chi connectivity index (χ0v) is 31.1. The van der Waals surface area contributed by atoms with Crippen LogP contribution in [0.4, 0.5) is 0 Å². The Morgan fingerprint density at radius 2 is 1.72 bits per heavy atom. The number of aromatic nitrogens is 2. The lowest BCUT2D eigenvalue weighted by molar-refractivity contribution is -0.144. The summed E-state index contributed by atoms with van der Waals surface area (Å²) in [5.41, 5.74) is 2.75. The number of nitrogens with zero attached hydrogens (tertiary/aromatic N) is 2. The summed E-state index contributed by atoms with van der Waals surface area (Å²) in [5.74, 6) is -0.184. The van der Waals surface area contributed by atoms with E-state index in [1.54, 1.807) is 24.5 Å². The van der Waals surface area contributed by atoms with E-state index < -0.39 is 23.7 Å². The van der Waals surface area contributed by atoms with E-state index in [-0.39, 0.29) is 36.6 Å². The summed E-state index contributed by atoms with van der Waals surface area (Å²) in [6.45, 7) is 5.06. The second-order valence-corrected chi connectivity index (χ2v) is 14.0. The van der Waals surface area contributed by atoms with Gasteiger partial charge in [-0.15, -0.1) is 0 Å². The topological polar surface area (TPSA) is 149 Å². The van der Waals surface area contributed by atoms with Crippen molar-refractivity contribution in [3.05, 3.63) is 120 Å². The number of hydrogen-bond donors (Lipinski definition) is 5. The van der Waals surface area contributed by atoms with E-state index >= 15 is 0 Å². The molecule has 1 fully saturated rings. The van der Waals surface area contributed by atoms with Crippen molar-refractivity contribution in [2.75, 3.05) is 20.2 Å². The van der Waals surface area contributed by atoms with Gasteiger partial charge in [-0.25, -0.2) is 4.98 Å². The zero-order chi connectivity index (χ0) is 37.6. The lowest BCUT2D eigenvalue weighted by atomic mass is 9.81. The fraction of sp³-hybridized carbons (Fsp3) is 0.429. The number of carbonyl (C=O) groups is 3. The van der Waals surface area contributed by atoms with Crippen LogP contribution in [-0.2, 0) is 40.2 Å². The Kier molecular flexibility index (Phi) is 14.2. The molecule has 11 heteroatoms. The van der Waals surface area contributed by atoms with Crippen LogP contribution in [0.25, 0.3) is 0 Å². The van der Waals surface area contributed by atoms with Gasteiger partial charge in [0.15, 0.2) is 0 Å². The predicted octanol–water partition coefficient (Wildman–Crippen LogP) is 4.36. The number of imidazole rings is 1. The molecule has 1 aliphatic rings. The van der Waals surface area contributed by atoms with Crippen LogP contribution in [0, 0.1) is 5.92 Å². The van der Waals surface area contributed by atoms with Gasteiger partial charge >= 0.3 is 0 Å². The molecule has 0 aliphatic carbocycles. The van der Waals surface area contributed by atoms with Crippen LogP contribution < -0.4 is 20.7 Å². The first-order valence-electron chi connectivity index (χ1n) is 18.7. The summed E-state index contributed by atoms with van der Waals surface area (Å²) < 4.78 is 5.35. The van der Waals surface area contributed by atoms with Crippen LogP contribution in [0.3, 0.4) is 0 Å². The van der Waals surface area contributed by atoms with Crippen molar-refractivity contribution in [2.24, 2.45) is 5.92 Å². The average Bonchev–Trinajstić information content (AvgIpc) is 3.82. The standard InChI is InChI=1S/C42H54N6O5/c1-4-30(2)42(47-39(50)21-19-34-27-44-29-45-34)22-23-48(41(42)52)37(20-18-31-12-7-5-8-13-31)40(51)46-36(25-32-14-9-6-10-15-32)38(49)28-43-26-33-16-11-17-35(24-33)53-3/h5-17,24,27,29-30,36-38,43,49H,4,18-23,25-26,28H2,1-3H3,(H,44,45)(H,46,51)(H,47,50)/t30?,36-,37-,38-,42-/m0/s1. The number of rotatable bonds is 20. The van der Waals surface area contributed by atoms with Crippen molar-refractivity contribution < 1.29 is 24.2 Å². The highest BCUT2D eigenvalue weighted by molar-refractivity contribution is 5.97. The number of amides is 3. The number of H-pyrrole nitrogens is 1. The molecule has 2 heterocycles. The third-order valence-corrected chi connectivity index (χ3v) is 10.5. The summed E-state index contributed by atoms with van der Waals surface area (Å²) in [5, 5.41) is 21.2. The van der Waals surface area contributed by atoms with Crippen molar-refractivity contribution in [3.63, 3.8) is 0 Å². The van der Waals surface area contributed by atoms with Gasteiger partial charge in [0, 0.05) is 37.9 Å². The van der Waals surface area contributed by atoms with Crippen molar-refractivity contribution in [2.45, 2.75) is 89.1 Å². The van der Waals surface area contributed by atoms with Gasteiger partial charge in [0.1, 0.15) is 17.3 Å². The number of hydrogen-bond acceptors (Lipinski definition) is 7. The molecule has 282 valence electrons. The lowest BCUT2D eigenvalue weighted by Gasteiger charge is -2.36. The van der Waals surface area contributed by atoms with E-state index in [2.05, 4.69) is 25.9 Å². The van der Waals surface area contributed by atoms with Crippen LogP contribution in [-0.4, -0.2) is 81.6 Å². The van der Waals surface area contributed by atoms with E-state index in [0.29, 0.717) is 51.6 Å². The molecular formula is C42H54N6O5. The minimum atomic E-state index is -1.13. The Morgan fingerprint density at radius 3 is 2.40 bits per heavy atom. The third kappa shape index (κ3) is 10.5. The number of aliphatic hydroxyl groups is 1. The van der Waals surface area contributed by atoms with Gasteiger partial charge in [0.05, 0.1) is 25.6 Å². The Hall–Kier alpha value is -5.00. The minimum Gasteiger partial charge on any atom is -0.497 e. The second-order valence-electron chi connectivity index (χ2n) is 14.0. The van der Waals surface area contributed by atoms with Crippen LogP contribution in [0.2, 0.25) is 0 Å². The monoisotopic (exact) mass is 722 g/mol. The van der Waals surface area contributed by atoms with Gasteiger partial charge in [-0.3, -0.25) is 14.4 Å². The summed E-state index contributed by atoms with van der Waals surface area (Å²) in [4.78, 5) is 51.2. The van der Waals surface area contributed by atoms with Crippen molar-refractivity contribution in [3.8, 4) is 5.75 Å². The summed E-state index contributed by atoms with van der Waals surface area (Å²) in [6, 6.07) is 25.9. The van der Waals surface area contributed by atoms with E-state index in [0.717, 1.165) is 28.1 Å². The molecule has 0 bridgehead atoms. The average molecular weight is 723 g/mol. The molecule has 1 unspecified atom stereocenters. The molecule has 4 aromatic rings. The molecule has 1 saturated heterocycles. The van der Waals surface area contributed by atoms with Crippen molar-refractivity contribution in [1.82, 2.24) is 30.8 Å². The first kappa shape index (κ1) is 39.2. The number of methoxy groups -OCH3 is 1. The number of ether oxygens (including phenoxy) is 1. The smallest absolute Gasteiger partial charge is 0.249 e. The third-order valence-electron chi connectivity index (χ3n) is 10.5. The number of aromatic amines is 1. The first-order chi connectivity index (χ1) is 25.7.